The molecule has 2 aromatic carbocycles. The molecule has 0 radical (unpaired) electrons. The number of benzene rings is 2. The topological polar surface area (TPSA) is 21.3 Å². The van der Waals surface area contributed by atoms with Crippen molar-refractivity contribution < 1.29 is 9.13 Å². The second-order valence-corrected chi connectivity index (χ2v) is 6.29. The van der Waals surface area contributed by atoms with Crippen molar-refractivity contribution in [2.24, 2.45) is 0 Å². The number of nitrogens with one attached hydrogen (secondary N) is 1. The number of halogens is 2. The zero-order chi connectivity index (χ0) is 14.8. The van der Waals surface area contributed by atoms with Gasteiger partial charge in [-0.3, -0.25) is 0 Å². The van der Waals surface area contributed by atoms with E-state index in [1.807, 2.05) is 12.1 Å². The smallest absolute Gasteiger partial charge is 0.123 e. The van der Waals surface area contributed by atoms with Crippen molar-refractivity contribution >= 4 is 15.9 Å². The molecule has 1 aliphatic heterocycles. The van der Waals surface area contributed by atoms with Gasteiger partial charge in [0.1, 0.15) is 17.7 Å². The molecule has 1 aliphatic rings. The molecule has 2 nitrogen and oxygen atoms in total. The summed E-state index contributed by atoms with van der Waals surface area (Å²) in [6, 6.07) is 13.2. The van der Waals surface area contributed by atoms with E-state index in [1.54, 1.807) is 12.1 Å². The maximum absolute atomic E-state index is 13.2. The number of ether oxygens (including phenoxy) is 1. The molecule has 1 unspecified atom stereocenters. The third kappa shape index (κ3) is 3.44. The van der Waals surface area contributed by atoms with Crippen molar-refractivity contribution in [1.29, 1.82) is 0 Å². The summed E-state index contributed by atoms with van der Waals surface area (Å²) in [7, 11) is 0. The van der Waals surface area contributed by atoms with E-state index in [0.29, 0.717) is 0 Å². The van der Waals surface area contributed by atoms with Gasteiger partial charge in [0, 0.05) is 29.0 Å². The van der Waals surface area contributed by atoms with E-state index in [-0.39, 0.29) is 18.0 Å². The van der Waals surface area contributed by atoms with E-state index in [2.05, 4.69) is 40.3 Å². The normalized spacial score (nSPS) is 18.1. The molecule has 0 saturated heterocycles. The Bertz CT molecular complexity index is 629. The van der Waals surface area contributed by atoms with Gasteiger partial charge in [-0.1, -0.05) is 28.1 Å². The van der Waals surface area contributed by atoms with E-state index in [9.17, 15) is 4.39 Å². The molecule has 0 saturated carbocycles. The first-order valence-corrected chi connectivity index (χ1v) is 7.85. The first-order valence-electron chi connectivity index (χ1n) is 7.06. The van der Waals surface area contributed by atoms with Crippen LogP contribution in [-0.2, 0) is 6.42 Å². The molecular weight excluding hydrogens is 333 g/mol. The zero-order valence-electron chi connectivity index (χ0n) is 11.8. The van der Waals surface area contributed by atoms with E-state index in [0.717, 1.165) is 28.8 Å². The molecule has 0 spiro atoms. The van der Waals surface area contributed by atoms with Crippen LogP contribution in [0.3, 0.4) is 0 Å². The molecule has 0 amide bonds. The molecule has 110 valence electrons. The Morgan fingerprint density at radius 2 is 2.05 bits per heavy atom. The van der Waals surface area contributed by atoms with E-state index < -0.39 is 0 Å². The van der Waals surface area contributed by atoms with E-state index in [1.165, 1.54) is 11.6 Å². The number of fused-ring (bicyclic) bond motifs is 1. The van der Waals surface area contributed by atoms with Crippen LogP contribution >= 0.6 is 15.9 Å². The Morgan fingerprint density at radius 3 is 2.81 bits per heavy atom. The fraction of sp³-hybridized carbons (Fsp3) is 0.294. The maximum Gasteiger partial charge on any atom is 0.123 e. The number of hydrogen-bond donors (Lipinski definition) is 1. The van der Waals surface area contributed by atoms with Crippen LogP contribution in [0, 0.1) is 5.82 Å². The fourth-order valence-corrected chi connectivity index (χ4v) is 2.84. The second kappa shape index (κ2) is 6.16. The highest BCUT2D eigenvalue weighted by Crippen LogP contribution is 2.29. The second-order valence-electron chi connectivity index (χ2n) is 5.38. The highest BCUT2D eigenvalue weighted by atomic mass is 79.9. The largest absolute Gasteiger partial charge is 0.488 e. The zero-order valence-corrected chi connectivity index (χ0v) is 13.4. The first kappa shape index (κ1) is 14.5. The summed E-state index contributed by atoms with van der Waals surface area (Å²) in [5.74, 6) is 0.605. The number of hydrogen-bond acceptors (Lipinski definition) is 2. The van der Waals surface area contributed by atoms with Gasteiger partial charge < -0.3 is 10.1 Å². The third-order valence-electron chi connectivity index (χ3n) is 3.79. The van der Waals surface area contributed by atoms with Crippen molar-refractivity contribution in [3.63, 3.8) is 0 Å². The lowest BCUT2D eigenvalue weighted by Crippen LogP contribution is -2.31. The summed E-state index contributed by atoms with van der Waals surface area (Å²) in [4.78, 5) is 0. The minimum atomic E-state index is -0.200. The Hall–Kier alpha value is -1.39. The maximum atomic E-state index is 13.2. The minimum Gasteiger partial charge on any atom is -0.488 e. The van der Waals surface area contributed by atoms with Crippen LogP contribution < -0.4 is 10.1 Å². The highest BCUT2D eigenvalue weighted by Gasteiger charge is 2.23. The van der Waals surface area contributed by atoms with Crippen molar-refractivity contribution in [3.8, 4) is 5.75 Å². The summed E-state index contributed by atoms with van der Waals surface area (Å²) >= 11 is 3.44. The summed E-state index contributed by atoms with van der Waals surface area (Å²) in [6.07, 6.45) is 0.826. The lowest BCUT2D eigenvalue weighted by molar-refractivity contribution is 0.222. The van der Waals surface area contributed by atoms with E-state index >= 15 is 0 Å². The fourth-order valence-electron chi connectivity index (χ4n) is 2.58. The first-order chi connectivity index (χ1) is 10.1. The molecule has 3 rings (SSSR count). The number of rotatable bonds is 4. The Balaban J connectivity index is 1.56. The molecule has 0 bridgehead atoms. The molecular formula is C17H17BrFNO. The van der Waals surface area contributed by atoms with Gasteiger partial charge >= 0.3 is 0 Å². The predicted octanol–water partition coefficient (Wildman–Crippen LogP) is 4.24. The van der Waals surface area contributed by atoms with Crippen molar-refractivity contribution in [3.05, 3.63) is 63.9 Å². The minimum absolute atomic E-state index is 0.0692. The molecule has 1 heterocycles. The molecule has 0 aliphatic carbocycles. The van der Waals surface area contributed by atoms with E-state index in [4.69, 9.17) is 4.74 Å². The van der Waals surface area contributed by atoms with Gasteiger partial charge in [-0.15, -0.1) is 0 Å². The van der Waals surface area contributed by atoms with Crippen molar-refractivity contribution in [2.45, 2.75) is 25.5 Å². The van der Waals surface area contributed by atoms with Gasteiger partial charge in [0.05, 0.1) is 0 Å². The third-order valence-corrected chi connectivity index (χ3v) is 4.31. The van der Waals surface area contributed by atoms with Crippen LogP contribution in [0.15, 0.2) is 46.9 Å². The average molecular weight is 350 g/mol. The van der Waals surface area contributed by atoms with Crippen molar-refractivity contribution in [1.82, 2.24) is 5.32 Å². The van der Waals surface area contributed by atoms with Gasteiger partial charge in [0.2, 0.25) is 0 Å². The molecule has 2 aromatic rings. The SMILES string of the molecule is C[C@@H](NCC1Cc2cc(F)ccc2O1)c1ccc(Br)cc1. The monoisotopic (exact) mass is 349 g/mol. The van der Waals surface area contributed by atoms with Gasteiger partial charge in [-0.2, -0.15) is 0 Å². The summed E-state index contributed by atoms with van der Waals surface area (Å²) in [6.45, 7) is 2.87. The van der Waals surface area contributed by atoms with Gasteiger partial charge in [-0.25, -0.2) is 4.39 Å². The Labute approximate surface area is 132 Å². The van der Waals surface area contributed by atoms with Crippen LogP contribution in [0.4, 0.5) is 4.39 Å². The Kier molecular flexibility index (Phi) is 4.27. The standard InChI is InChI=1S/C17H17BrFNO/c1-11(12-2-4-14(18)5-3-12)20-10-16-9-13-8-15(19)6-7-17(13)21-16/h2-8,11,16,20H,9-10H2,1H3/t11-,16?/m1/s1. The molecule has 4 heteroatoms. The predicted molar refractivity (Wildman–Crippen MR) is 85.1 cm³/mol. The molecule has 0 aromatic heterocycles. The van der Waals surface area contributed by atoms with Crippen LogP contribution in [0.25, 0.3) is 0 Å². The Morgan fingerprint density at radius 1 is 1.29 bits per heavy atom. The van der Waals surface area contributed by atoms with Crippen LogP contribution in [0.1, 0.15) is 24.1 Å². The van der Waals surface area contributed by atoms with Gasteiger partial charge in [0.25, 0.3) is 0 Å². The molecule has 21 heavy (non-hydrogen) atoms. The molecule has 2 atom stereocenters. The van der Waals surface area contributed by atoms with Crippen LogP contribution in [0.2, 0.25) is 0 Å². The van der Waals surface area contributed by atoms with Crippen LogP contribution in [-0.4, -0.2) is 12.6 Å². The van der Waals surface area contributed by atoms with Crippen LogP contribution in [0.5, 0.6) is 5.75 Å². The quantitative estimate of drug-likeness (QED) is 0.891. The van der Waals surface area contributed by atoms with Crippen molar-refractivity contribution in [2.75, 3.05) is 6.54 Å². The lowest BCUT2D eigenvalue weighted by atomic mass is 10.1. The van der Waals surface area contributed by atoms with Gasteiger partial charge in [-0.05, 0) is 42.8 Å². The van der Waals surface area contributed by atoms with Gasteiger partial charge in [0.15, 0.2) is 0 Å². The lowest BCUT2D eigenvalue weighted by Gasteiger charge is -2.17. The summed E-state index contributed by atoms with van der Waals surface area (Å²) < 4.78 is 20.1. The summed E-state index contributed by atoms with van der Waals surface area (Å²) in [5.41, 5.74) is 2.19. The summed E-state index contributed by atoms with van der Waals surface area (Å²) in [5, 5.41) is 3.48. The highest BCUT2D eigenvalue weighted by molar-refractivity contribution is 9.10. The molecule has 1 N–H and O–H groups in total. The average Bonchev–Trinajstić information content (AvgIpc) is 2.87. The molecule has 0 fully saturated rings.